The molecule has 114 valence electrons. The van der Waals surface area contributed by atoms with Gasteiger partial charge in [-0.3, -0.25) is 0 Å². The van der Waals surface area contributed by atoms with Crippen LogP contribution in [0.25, 0.3) is 0 Å². The molecule has 0 fully saturated rings. The maximum absolute atomic E-state index is 8.61. The van der Waals surface area contributed by atoms with Crippen molar-refractivity contribution in [1.82, 2.24) is 9.97 Å². The fraction of sp³-hybridized carbons (Fsp3) is 0.692. The van der Waals surface area contributed by atoms with Crippen molar-refractivity contribution < 1.29 is 14.6 Å². The van der Waals surface area contributed by atoms with Crippen LogP contribution in [0.15, 0.2) is 6.07 Å². The highest BCUT2D eigenvalue weighted by atomic mass is 16.5. The van der Waals surface area contributed by atoms with Crippen molar-refractivity contribution in [2.75, 3.05) is 50.7 Å². The summed E-state index contributed by atoms with van der Waals surface area (Å²) in [5.74, 6) is 2.15. The van der Waals surface area contributed by atoms with Gasteiger partial charge in [0.15, 0.2) is 5.82 Å². The molecule has 1 rings (SSSR count). The molecule has 0 aliphatic carbocycles. The molecule has 0 saturated carbocycles. The van der Waals surface area contributed by atoms with Gasteiger partial charge in [0.1, 0.15) is 18.2 Å². The summed E-state index contributed by atoms with van der Waals surface area (Å²) in [6, 6.07) is 1.86. The van der Waals surface area contributed by atoms with E-state index in [1.165, 1.54) is 0 Å². The Balaban J connectivity index is 2.55. The van der Waals surface area contributed by atoms with E-state index in [9.17, 15) is 0 Å². The van der Waals surface area contributed by atoms with E-state index in [4.69, 9.17) is 14.6 Å². The van der Waals surface area contributed by atoms with E-state index < -0.39 is 0 Å². The normalized spacial score (nSPS) is 10.6. The molecule has 7 heteroatoms. The largest absolute Gasteiger partial charge is 0.394 e. The van der Waals surface area contributed by atoms with Crippen LogP contribution in [0.3, 0.4) is 0 Å². The molecule has 0 aliphatic heterocycles. The fourth-order valence-electron chi connectivity index (χ4n) is 1.54. The van der Waals surface area contributed by atoms with Gasteiger partial charge >= 0.3 is 0 Å². The summed E-state index contributed by atoms with van der Waals surface area (Å²) in [6.07, 6.45) is 1.03. The number of aliphatic hydroxyl groups excluding tert-OH is 1. The Morgan fingerprint density at radius 1 is 1.15 bits per heavy atom. The van der Waals surface area contributed by atoms with E-state index in [2.05, 4.69) is 27.5 Å². The second-order valence-corrected chi connectivity index (χ2v) is 4.18. The summed E-state index contributed by atoms with van der Waals surface area (Å²) in [5, 5.41) is 15.0. The van der Waals surface area contributed by atoms with Gasteiger partial charge in [-0.2, -0.15) is 0 Å². The van der Waals surface area contributed by atoms with E-state index in [-0.39, 0.29) is 6.61 Å². The molecule has 7 nitrogen and oxygen atoms in total. The zero-order valence-corrected chi connectivity index (χ0v) is 12.2. The van der Waals surface area contributed by atoms with Crippen molar-refractivity contribution in [1.29, 1.82) is 0 Å². The molecular weight excluding hydrogens is 260 g/mol. The molecule has 0 radical (unpaired) electrons. The Kier molecular flexibility index (Phi) is 8.61. The number of nitrogens with zero attached hydrogens (tertiary/aromatic N) is 2. The highest BCUT2D eigenvalue weighted by molar-refractivity contribution is 5.47. The van der Waals surface area contributed by atoms with Gasteiger partial charge in [-0.05, 0) is 6.42 Å². The maximum Gasteiger partial charge on any atom is 0.158 e. The Morgan fingerprint density at radius 2 is 1.85 bits per heavy atom. The average molecular weight is 284 g/mol. The van der Waals surface area contributed by atoms with E-state index in [1.54, 1.807) is 7.11 Å². The van der Waals surface area contributed by atoms with Crippen LogP contribution in [0, 0.1) is 0 Å². The van der Waals surface area contributed by atoms with Gasteiger partial charge in [0.05, 0.1) is 19.8 Å². The van der Waals surface area contributed by atoms with Crippen molar-refractivity contribution >= 4 is 11.6 Å². The molecular formula is C13H24N4O3. The minimum absolute atomic E-state index is 0.0383. The lowest BCUT2D eigenvalue weighted by atomic mass is 10.4. The second kappa shape index (κ2) is 10.4. The van der Waals surface area contributed by atoms with Gasteiger partial charge in [0, 0.05) is 26.3 Å². The summed E-state index contributed by atoms with van der Waals surface area (Å²) < 4.78 is 10.2. The number of anilines is 2. The van der Waals surface area contributed by atoms with E-state index in [1.807, 2.05) is 6.07 Å². The molecule has 1 heterocycles. The van der Waals surface area contributed by atoms with Crippen LogP contribution in [0.2, 0.25) is 0 Å². The molecule has 0 unspecified atom stereocenters. The van der Waals surface area contributed by atoms with Crippen LogP contribution in [0.4, 0.5) is 11.6 Å². The monoisotopic (exact) mass is 284 g/mol. The molecule has 20 heavy (non-hydrogen) atoms. The summed E-state index contributed by atoms with van der Waals surface area (Å²) >= 11 is 0. The third-order valence-corrected chi connectivity index (χ3v) is 2.39. The van der Waals surface area contributed by atoms with Gasteiger partial charge in [0.25, 0.3) is 0 Å². The first-order chi connectivity index (χ1) is 9.80. The van der Waals surface area contributed by atoms with Crippen molar-refractivity contribution in [3.8, 4) is 0 Å². The molecule has 0 saturated heterocycles. The highest BCUT2D eigenvalue weighted by Crippen LogP contribution is 2.11. The van der Waals surface area contributed by atoms with E-state index in [0.717, 1.165) is 24.6 Å². The SMILES string of the molecule is CCCNc1cc(NCCOCCO)nc(COC)n1. The van der Waals surface area contributed by atoms with Crippen LogP contribution in [-0.4, -0.2) is 55.1 Å². The number of hydrogen-bond donors (Lipinski definition) is 3. The van der Waals surface area contributed by atoms with Gasteiger partial charge < -0.3 is 25.2 Å². The fourth-order valence-corrected chi connectivity index (χ4v) is 1.54. The predicted octanol–water partition coefficient (Wildman–Crippen LogP) is 0.866. The summed E-state index contributed by atoms with van der Waals surface area (Å²) in [7, 11) is 1.62. The molecule has 0 atom stereocenters. The zero-order chi connectivity index (χ0) is 14.6. The Hall–Kier alpha value is -1.44. The first kappa shape index (κ1) is 16.6. The third-order valence-electron chi connectivity index (χ3n) is 2.39. The van der Waals surface area contributed by atoms with Crippen LogP contribution >= 0.6 is 0 Å². The molecule has 0 aliphatic rings. The van der Waals surface area contributed by atoms with Crippen LogP contribution in [-0.2, 0) is 16.1 Å². The summed E-state index contributed by atoms with van der Waals surface area (Å²) in [6.45, 7) is 4.86. The number of aromatic nitrogens is 2. The molecule has 0 bridgehead atoms. The average Bonchev–Trinajstić information content (AvgIpc) is 2.45. The van der Waals surface area contributed by atoms with Crippen molar-refractivity contribution in [3.63, 3.8) is 0 Å². The summed E-state index contributed by atoms with van der Waals surface area (Å²) in [5.41, 5.74) is 0. The molecule has 0 aromatic carbocycles. The number of hydrogen-bond acceptors (Lipinski definition) is 7. The highest BCUT2D eigenvalue weighted by Gasteiger charge is 2.04. The summed E-state index contributed by atoms with van der Waals surface area (Å²) in [4.78, 5) is 8.72. The number of aliphatic hydroxyl groups is 1. The lowest BCUT2D eigenvalue weighted by Gasteiger charge is -2.11. The molecule has 1 aromatic rings. The zero-order valence-electron chi connectivity index (χ0n) is 12.2. The number of rotatable bonds is 11. The molecule has 0 spiro atoms. The first-order valence-electron chi connectivity index (χ1n) is 6.83. The molecule has 0 amide bonds. The smallest absolute Gasteiger partial charge is 0.158 e. The molecule has 1 aromatic heterocycles. The van der Waals surface area contributed by atoms with E-state index in [0.29, 0.717) is 32.2 Å². The Labute approximate surface area is 119 Å². The van der Waals surface area contributed by atoms with Gasteiger partial charge in [-0.25, -0.2) is 9.97 Å². The molecule has 3 N–H and O–H groups in total. The number of methoxy groups -OCH3 is 1. The topological polar surface area (TPSA) is 88.5 Å². The quantitative estimate of drug-likeness (QED) is 0.519. The van der Waals surface area contributed by atoms with Crippen LogP contribution in [0.5, 0.6) is 0 Å². The van der Waals surface area contributed by atoms with Crippen LogP contribution in [0.1, 0.15) is 19.2 Å². The van der Waals surface area contributed by atoms with Gasteiger partial charge in [-0.1, -0.05) is 6.92 Å². The lowest BCUT2D eigenvalue weighted by Crippen LogP contribution is -2.14. The Morgan fingerprint density at radius 3 is 2.45 bits per heavy atom. The Bertz CT molecular complexity index is 377. The third kappa shape index (κ3) is 6.65. The van der Waals surface area contributed by atoms with Crippen LogP contribution < -0.4 is 10.6 Å². The predicted molar refractivity (Wildman–Crippen MR) is 77.9 cm³/mol. The van der Waals surface area contributed by atoms with Gasteiger partial charge in [0.2, 0.25) is 0 Å². The van der Waals surface area contributed by atoms with Gasteiger partial charge in [-0.15, -0.1) is 0 Å². The maximum atomic E-state index is 8.61. The standard InChI is InChI=1S/C13H24N4O3/c1-3-4-14-11-9-12(15-5-7-20-8-6-18)17-13(16-11)10-19-2/h9,18H,3-8,10H2,1-2H3,(H2,14,15,16,17). The minimum Gasteiger partial charge on any atom is -0.394 e. The van der Waals surface area contributed by atoms with Crippen molar-refractivity contribution in [3.05, 3.63) is 11.9 Å². The second-order valence-electron chi connectivity index (χ2n) is 4.18. The first-order valence-corrected chi connectivity index (χ1v) is 6.83. The lowest BCUT2D eigenvalue weighted by molar-refractivity contribution is 0.0992. The van der Waals surface area contributed by atoms with Crippen molar-refractivity contribution in [2.24, 2.45) is 0 Å². The minimum atomic E-state index is 0.0383. The number of nitrogens with one attached hydrogen (secondary N) is 2. The number of ether oxygens (including phenoxy) is 2. The van der Waals surface area contributed by atoms with E-state index >= 15 is 0 Å². The van der Waals surface area contributed by atoms with Crippen molar-refractivity contribution in [2.45, 2.75) is 20.0 Å².